The van der Waals surface area contributed by atoms with Crippen molar-refractivity contribution in [2.45, 2.75) is 44.3 Å². The Morgan fingerprint density at radius 1 is 0.949 bits per heavy atom. The predicted octanol–water partition coefficient (Wildman–Crippen LogP) is 5.80. The van der Waals surface area contributed by atoms with Gasteiger partial charge in [0.05, 0.1) is 14.2 Å². The largest absolute Gasteiger partial charge is 0.493 e. The Bertz CT molecular complexity index is 1350. The Balaban J connectivity index is 1.64. The molecule has 3 N–H and O–H groups in total. The standard InChI is InChI=1S/C29H30ClF2N3O4/c1-38-26-10-7-17(14-27(26)39-2)29(37)35(25-6-4-3-5-24(25)33)16-19-13-22(8-9-23(19)30)34-28(36)18-11-20(31)15-21(32)12-18/h7-15,24-25H,3-6,16,33H2,1-2H3,(H,34,36). The molecular formula is C29H30ClF2N3O4. The Morgan fingerprint density at radius 2 is 1.64 bits per heavy atom. The van der Waals surface area contributed by atoms with Crippen LogP contribution in [-0.2, 0) is 6.54 Å². The van der Waals surface area contributed by atoms with Crippen LogP contribution in [0.25, 0.3) is 0 Å². The molecule has 2 amide bonds. The highest BCUT2D eigenvalue weighted by Crippen LogP contribution is 2.32. The Hall–Kier alpha value is -3.69. The van der Waals surface area contributed by atoms with E-state index in [9.17, 15) is 18.4 Å². The van der Waals surface area contributed by atoms with E-state index in [1.165, 1.54) is 14.2 Å². The average Bonchev–Trinajstić information content (AvgIpc) is 2.92. The van der Waals surface area contributed by atoms with E-state index in [4.69, 9.17) is 26.8 Å². The van der Waals surface area contributed by atoms with Crippen molar-refractivity contribution >= 4 is 29.1 Å². The molecule has 0 bridgehead atoms. The van der Waals surface area contributed by atoms with Gasteiger partial charge in [-0.05, 0) is 66.9 Å². The maximum Gasteiger partial charge on any atom is 0.255 e. The van der Waals surface area contributed by atoms with Gasteiger partial charge in [-0.2, -0.15) is 0 Å². The van der Waals surface area contributed by atoms with E-state index >= 15 is 0 Å². The quantitative estimate of drug-likeness (QED) is 0.365. The number of ether oxygens (including phenoxy) is 2. The molecule has 7 nitrogen and oxygen atoms in total. The maximum absolute atomic E-state index is 13.9. The molecular weight excluding hydrogens is 528 g/mol. The highest BCUT2D eigenvalue weighted by molar-refractivity contribution is 6.31. The van der Waals surface area contributed by atoms with Gasteiger partial charge in [-0.15, -0.1) is 0 Å². The van der Waals surface area contributed by atoms with Gasteiger partial charge < -0.3 is 25.4 Å². The summed E-state index contributed by atoms with van der Waals surface area (Å²) in [5.74, 6) is -1.73. The molecule has 1 saturated carbocycles. The molecule has 0 spiro atoms. The van der Waals surface area contributed by atoms with E-state index in [0.29, 0.717) is 39.4 Å². The summed E-state index contributed by atoms with van der Waals surface area (Å²) in [6, 6.07) is 11.9. The minimum atomic E-state index is -0.856. The Morgan fingerprint density at radius 3 is 2.31 bits per heavy atom. The maximum atomic E-state index is 13.9. The molecule has 1 fully saturated rings. The SMILES string of the molecule is COc1ccc(C(=O)N(Cc2cc(NC(=O)c3cc(F)cc(F)c3)ccc2Cl)C2CCCCC2N)cc1OC. The topological polar surface area (TPSA) is 93.9 Å². The number of amides is 2. The molecule has 1 aliphatic carbocycles. The number of rotatable bonds is 8. The molecule has 206 valence electrons. The number of carbonyl (C=O) groups excluding carboxylic acids is 2. The average molecular weight is 558 g/mol. The zero-order chi connectivity index (χ0) is 28.1. The number of benzene rings is 3. The fourth-order valence-electron chi connectivity index (χ4n) is 4.85. The highest BCUT2D eigenvalue weighted by Gasteiger charge is 2.32. The summed E-state index contributed by atoms with van der Waals surface area (Å²) < 4.78 is 37.9. The molecule has 1 aliphatic rings. The van der Waals surface area contributed by atoms with Crippen molar-refractivity contribution in [1.29, 1.82) is 0 Å². The van der Waals surface area contributed by atoms with Crippen LogP contribution in [0.3, 0.4) is 0 Å². The van der Waals surface area contributed by atoms with Gasteiger partial charge >= 0.3 is 0 Å². The molecule has 0 aromatic heterocycles. The molecule has 4 rings (SSSR count). The van der Waals surface area contributed by atoms with Gasteiger partial charge in [0.15, 0.2) is 11.5 Å². The monoisotopic (exact) mass is 557 g/mol. The van der Waals surface area contributed by atoms with Crippen LogP contribution in [0.1, 0.15) is 52.0 Å². The van der Waals surface area contributed by atoms with Crippen LogP contribution in [0.15, 0.2) is 54.6 Å². The van der Waals surface area contributed by atoms with Crippen molar-refractivity contribution in [2.24, 2.45) is 5.73 Å². The van der Waals surface area contributed by atoms with Crippen LogP contribution < -0.4 is 20.5 Å². The molecule has 0 saturated heterocycles. The van der Waals surface area contributed by atoms with E-state index in [0.717, 1.165) is 37.8 Å². The lowest BCUT2D eigenvalue weighted by Gasteiger charge is -2.39. The first-order chi connectivity index (χ1) is 18.7. The first kappa shape index (κ1) is 28.3. The fourth-order valence-corrected chi connectivity index (χ4v) is 5.02. The second kappa shape index (κ2) is 12.4. The lowest BCUT2D eigenvalue weighted by atomic mass is 9.89. The number of nitrogens with one attached hydrogen (secondary N) is 1. The van der Waals surface area contributed by atoms with E-state index < -0.39 is 17.5 Å². The molecule has 10 heteroatoms. The number of hydrogen-bond donors (Lipinski definition) is 2. The van der Waals surface area contributed by atoms with Gasteiger partial charge in [0.25, 0.3) is 11.8 Å². The number of nitrogens with zero attached hydrogens (tertiary/aromatic N) is 1. The van der Waals surface area contributed by atoms with Crippen molar-refractivity contribution in [1.82, 2.24) is 4.90 Å². The summed E-state index contributed by atoms with van der Waals surface area (Å²) in [5, 5.41) is 3.03. The third kappa shape index (κ3) is 6.66. The van der Waals surface area contributed by atoms with Gasteiger partial charge in [0.1, 0.15) is 11.6 Å². The van der Waals surface area contributed by atoms with Gasteiger partial charge in [-0.25, -0.2) is 8.78 Å². The van der Waals surface area contributed by atoms with E-state index in [1.807, 2.05) is 0 Å². The second-order valence-electron chi connectivity index (χ2n) is 9.44. The van der Waals surface area contributed by atoms with Crippen molar-refractivity contribution in [3.05, 3.63) is 87.9 Å². The predicted molar refractivity (Wildman–Crippen MR) is 145 cm³/mol. The van der Waals surface area contributed by atoms with Gasteiger partial charge in [0.2, 0.25) is 0 Å². The van der Waals surface area contributed by atoms with Crippen molar-refractivity contribution in [3.8, 4) is 11.5 Å². The Kier molecular flexibility index (Phi) is 9.04. The van der Waals surface area contributed by atoms with Crippen LogP contribution in [0.5, 0.6) is 11.5 Å². The third-order valence-corrected chi connectivity index (χ3v) is 7.21. The van der Waals surface area contributed by atoms with Crippen LogP contribution in [0.2, 0.25) is 5.02 Å². The summed E-state index contributed by atoms with van der Waals surface area (Å²) in [6.07, 6.45) is 3.44. The minimum absolute atomic E-state index is 0.128. The lowest BCUT2D eigenvalue weighted by Crippen LogP contribution is -2.51. The number of nitrogens with two attached hydrogens (primary N) is 1. The Labute approximate surface area is 230 Å². The number of anilines is 1. The fraction of sp³-hybridized carbons (Fsp3) is 0.310. The summed E-state index contributed by atoms with van der Waals surface area (Å²) in [6.45, 7) is 0.128. The van der Waals surface area contributed by atoms with Crippen LogP contribution in [0.4, 0.5) is 14.5 Å². The number of hydrogen-bond acceptors (Lipinski definition) is 5. The van der Waals surface area contributed by atoms with E-state index in [-0.39, 0.29) is 30.1 Å². The van der Waals surface area contributed by atoms with Gasteiger partial charge in [0, 0.05) is 46.5 Å². The molecule has 0 radical (unpaired) electrons. The summed E-state index contributed by atoms with van der Waals surface area (Å²) >= 11 is 6.53. The summed E-state index contributed by atoms with van der Waals surface area (Å²) in [5.41, 5.74) is 7.65. The van der Waals surface area contributed by atoms with Crippen LogP contribution >= 0.6 is 11.6 Å². The molecule has 2 unspecified atom stereocenters. The zero-order valence-electron chi connectivity index (χ0n) is 21.7. The van der Waals surface area contributed by atoms with Crippen molar-refractivity contribution in [3.63, 3.8) is 0 Å². The lowest BCUT2D eigenvalue weighted by molar-refractivity contribution is 0.0583. The smallest absolute Gasteiger partial charge is 0.255 e. The van der Waals surface area contributed by atoms with Gasteiger partial charge in [-0.3, -0.25) is 9.59 Å². The van der Waals surface area contributed by atoms with E-state index in [2.05, 4.69) is 5.32 Å². The molecule has 2 atom stereocenters. The van der Waals surface area contributed by atoms with Crippen molar-refractivity contribution < 1.29 is 27.8 Å². The first-order valence-electron chi connectivity index (χ1n) is 12.5. The van der Waals surface area contributed by atoms with Crippen LogP contribution in [0, 0.1) is 11.6 Å². The number of halogens is 3. The third-order valence-electron chi connectivity index (χ3n) is 6.84. The molecule has 3 aromatic rings. The molecule has 3 aromatic carbocycles. The van der Waals surface area contributed by atoms with Gasteiger partial charge in [-0.1, -0.05) is 24.4 Å². The molecule has 0 aliphatic heterocycles. The molecule has 39 heavy (non-hydrogen) atoms. The summed E-state index contributed by atoms with van der Waals surface area (Å²) in [4.78, 5) is 28.2. The normalized spacial score (nSPS) is 16.9. The minimum Gasteiger partial charge on any atom is -0.493 e. The second-order valence-corrected chi connectivity index (χ2v) is 9.84. The van der Waals surface area contributed by atoms with Crippen molar-refractivity contribution in [2.75, 3.05) is 19.5 Å². The highest BCUT2D eigenvalue weighted by atomic mass is 35.5. The molecule has 0 heterocycles. The first-order valence-corrected chi connectivity index (χ1v) is 12.9. The zero-order valence-corrected chi connectivity index (χ0v) is 22.4. The summed E-state index contributed by atoms with van der Waals surface area (Å²) in [7, 11) is 3.02. The van der Waals surface area contributed by atoms with E-state index in [1.54, 1.807) is 41.3 Å². The van der Waals surface area contributed by atoms with Crippen LogP contribution in [-0.4, -0.2) is 43.0 Å². The number of methoxy groups -OCH3 is 2. The number of carbonyl (C=O) groups is 2.